The summed E-state index contributed by atoms with van der Waals surface area (Å²) in [6.45, 7) is 6.71. The number of benzene rings is 1. The Morgan fingerprint density at radius 1 is 1.33 bits per heavy atom. The number of carbonyl (C=O) groups is 2. The molecule has 132 valence electrons. The van der Waals surface area contributed by atoms with E-state index in [9.17, 15) is 9.59 Å². The minimum Gasteiger partial charge on any atom is -0.381 e. The van der Waals surface area contributed by atoms with Gasteiger partial charge in [0.15, 0.2) is 0 Å². The summed E-state index contributed by atoms with van der Waals surface area (Å²) in [6.07, 6.45) is 3.05. The molecule has 1 N–H and O–H groups in total. The smallest absolute Gasteiger partial charge is 0.226 e. The highest BCUT2D eigenvalue weighted by atomic mass is 16.5. The molecule has 1 heterocycles. The maximum absolute atomic E-state index is 12.0. The van der Waals surface area contributed by atoms with E-state index in [0.717, 1.165) is 30.6 Å². The van der Waals surface area contributed by atoms with Crippen molar-refractivity contribution in [1.82, 2.24) is 4.90 Å². The third-order valence-electron chi connectivity index (χ3n) is 3.93. The van der Waals surface area contributed by atoms with Crippen LogP contribution in [0, 0.1) is 5.92 Å². The minimum atomic E-state index is -0.0510. The molecule has 1 saturated heterocycles. The van der Waals surface area contributed by atoms with Crippen LogP contribution in [-0.2, 0) is 20.9 Å². The third-order valence-corrected chi connectivity index (χ3v) is 3.93. The lowest BCUT2D eigenvalue weighted by Crippen LogP contribution is -2.34. The SMILES string of the molecule is CC(C)COCCC(=O)Nc1cccc(CN2CCCCC2=O)c1. The average molecular weight is 332 g/mol. The molecule has 0 aromatic heterocycles. The molecule has 5 nitrogen and oxygen atoms in total. The van der Waals surface area contributed by atoms with Crippen LogP contribution in [0.1, 0.15) is 45.1 Å². The van der Waals surface area contributed by atoms with E-state index >= 15 is 0 Å². The Balaban J connectivity index is 1.81. The molecular weight excluding hydrogens is 304 g/mol. The van der Waals surface area contributed by atoms with Gasteiger partial charge in [0.05, 0.1) is 13.0 Å². The Hall–Kier alpha value is -1.88. The van der Waals surface area contributed by atoms with Gasteiger partial charge in [-0.2, -0.15) is 0 Å². The Bertz CT molecular complexity index is 557. The number of anilines is 1. The van der Waals surface area contributed by atoms with Gasteiger partial charge in [-0.25, -0.2) is 0 Å². The molecule has 0 saturated carbocycles. The van der Waals surface area contributed by atoms with Gasteiger partial charge in [-0.05, 0) is 36.5 Å². The fourth-order valence-corrected chi connectivity index (χ4v) is 2.70. The highest BCUT2D eigenvalue weighted by molar-refractivity contribution is 5.90. The first-order valence-electron chi connectivity index (χ1n) is 8.79. The highest BCUT2D eigenvalue weighted by Crippen LogP contribution is 2.17. The lowest BCUT2D eigenvalue weighted by molar-refractivity contribution is -0.133. The van der Waals surface area contributed by atoms with E-state index in [2.05, 4.69) is 19.2 Å². The van der Waals surface area contributed by atoms with Crippen LogP contribution in [0.2, 0.25) is 0 Å². The molecule has 0 radical (unpaired) electrons. The molecule has 0 spiro atoms. The molecule has 0 unspecified atom stereocenters. The number of rotatable bonds is 8. The first-order valence-corrected chi connectivity index (χ1v) is 8.79. The lowest BCUT2D eigenvalue weighted by atomic mass is 10.1. The molecule has 24 heavy (non-hydrogen) atoms. The first kappa shape index (κ1) is 18.5. The molecular formula is C19H28N2O3. The number of hydrogen-bond acceptors (Lipinski definition) is 3. The summed E-state index contributed by atoms with van der Waals surface area (Å²) in [6, 6.07) is 7.71. The predicted molar refractivity (Wildman–Crippen MR) is 94.6 cm³/mol. The van der Waals surface area contributed by atoms with Gasteiger partial charge in [-0.3, -0.25) is 9.59 Å². The quantitative estimate of drug-likeness (QED) is 0.744. The minimum absolute atomic E-state index is 0.0510. The van der Waals surface area contributed by atoms with E-state index in [-0.39, 0.29) is 11.8 Å². The second-order valence-corrected chi connectivity index (χ2v) is 6.74. The van der Waals surface area contributed by atoms with E-state index in [0.29, 0.717) is 38.5 Å². The van der Waals surface area contributed by atoms with Crippen LogP contribution < -0.4 is 5.32 Å². The molecule has 1 fully saturated rings. The summed E-state index contributed by atoms with van der Waals surface area (Å²) in [7, 11) is 0. The highest BCUT2D eigenvalue weighted by Gasteiger charge is 2.18. The molecule has 1 aromatic rings. The molecule has 0 atom stereocenters. The fraction of sp³-hybridized carbons (Fsp3) is 0.579. The molecule has 1 aliphatic heterocycles. The number of carbonyl (C=O) groups excluding carboxylic acids is 2. The Labute approximate surface area is 144 Å². The van der Waals surface area contributed by atoms with E-state index < -0.39 is 0 Å². The van der Waals surface area contributed by atoms with Gasteiger partial charge in [0.2, 0.25) is 11.8 Å². The van der Waals surface area contributed by atoms with Crippen LogP contribution in [0.5, 0.6) is 0 Å². The van der Waals surface area contributed by atoms with Gasteiger partial charge in [0.1, 0.15) is 0 Å². The van der Waals surface area contributed by atoms with Crippen molar-refractivity contribution in [2.24, 2.45) is 5.92 Å². The van der Waals surface area contributed by atoms with Crippen molar-refractivity contribution in [3.8, 4) is 0 Å². The second-order valence-electron chi connectivity index (χ2n) is 6.74. The Morgan fingerprint density at radius 3 is 2.92 bits per heavy atom. The van der Waals surface area contributed by atoms with Crippen LogP contribution in [0.25, 0.3) is 0 Å². The number of piperidine rings is 1. The van der Waals surface area contributed by atoms with Crippen molar-refractivity contribution in [1.29, 1.82) is 0 Å². The third kappa shape index (κ3) is 6.32. The summed E-state index contributed by atoms with van der Waals surface area (Å²) >= 11 is 0. The molecule has 2 amide bonds. The van der Waals surface area contributed by atoms with Crippen molar-refractivity contribution in [3.63, 3.8) is 0 Å². The number of amides is 2. The maximum atomic E-state index is 12.0. The van der Waals surface area contributed by atoms with Crippen molar-refractivity contribution in [2.75, 3.05) is 25.1 Å². The molecule has 2 rings (SSSR count). The molecule has 1 aliphatic rings. The Kier molecular flexibility index (Phi) is 7.25. The zero-order chi connectivity index (χ0) is 17.4. The maximum Gasteiger partial charge on any atom is 0.226 e. The van der Waals surface area contributed by atoms with Crippen LogP contribution >= 0.6 is 0 Å². The van der Waals surface area contributed by atoms with E-state index in [4.69, 9.17) is 4.74 Å². The number of ether oxygens (including phenoxy) is 1. The summed E-state index contributed by atoms with van der Waals surface area (Å²) in [5, 5.41) is 2.90. The summed E-state index contributed by atoms with van der Waals surface area (Å²) in [4.78, 5) is 25.7. The van der Waals surface area contributed by atoms with Crippen molar-refractivity contribution in [3.05, 3.63) is 29.8 Å². The van der Waals surface area contributed by atoms with Crippen LogP contribution in [0.3, 0.4) is 0 Å². The zero-order valence-corrected chi connectivity index (χ0v) is 14.7. The lowest BCUT2D eigenvalue weighted by Gasteiger charge is -2.26. The molecule has 1 aromatic carbocycles. The normalized spacial score (nSPS) is 15.0. The zero-order valence-electron chi connectivity index (χ0n) is 14.7. The molecule has 0 aliphatic carbocycles. The number of hydrogen-bond donors (Lipinski definition) is 1. The van der Waals surface area contributed by atoms with Crippen LogP contribution in [0.4, 0.5) is 5.69 Å². The Morgan fingerprint density at radius 2 is 2.17 bits per heavy atom. The van der Waals surface area contributed by atoms with Gasteiger partial charge in [0.25, 0.3) is 0 Å². The van der Waals surface area contributed by atoms with E-state index in [1.54, 1.807) is 0 Å². The summed E-state index contributed by atoms with van der Waals surface area (Å²) in [5.74, 6) is 0.644. The molecule has 0 bridgehead atoms. The van der Waals surface area contributed by atoms with Gasteiger partial charge in [-0.15, -0.1) is 0 Å². The first-order chi connectivity index (χ1) is 11.5. The van der Waals surface area contributed by atoms with Crippen molar-refractivity contribution in [2.45, 2.75) is 46.1 Å². The second kappa shape index (κ2) is 9.42. The average Bonchev–Trinajstić information content (AvgIpc) is 2.54. The summed E-state index contributed by atoms with van der Waals surface area (Å²) < 4.78 is 5.43. The van der Waals surface area contributed by atoms with Crippen molar-refractivity contribution < 1.29 is 14.3 Å². The largest absolute Gasteiger partial charge is 0.381 e. The number of nitrogens with zero attached hydrogens (tertiary/aromatic N) is 1. The van der Waals surface area contributed by atoms with E-state index in [1.807, 2.05) is 29.2 Å². The monoisotopic (exact) mass is 332 g/mol. The van der Waals surface area contributed by atoms with Crippen LogP contribution in [0.15, 0.2) is 24.3 Å². The summed E-state index contributed by atoms with van der Waals surface area (Å²) in [5.41, 5.74) is 1.81. The number of nitrogens with one attached hydrogen (secondary N) is 1. The van der Waals surface area contributed by atoms with Gasteiger partial charge >= 0.3 is 0 Å². The van der Waals surface area contributed by atoms with Crippen molar-refractivity contribution >= 4 is 17.5 Å². The predicted octanol–water partition coefficient (Wildman–Crippen LogP) is 3.20. The van der Waals surface area contributed by atoms with Gasteiger partial charge in [-0.1, -0.05) is 26.0 Å². The van der Waals surface area contributed by atoms with Gasteiger partial charge in [0, 0.05) is 31.8 Å². The fourth-order valence-electron chi connectivity index (χ4n) is 2.70. The number of likely N-dealkylation sites (tertiary alicyclic amines) is 1. The van der Waals surface area contributed by atoms with Crippen LogP contribution in [-0.4, -0.2) is 36.5 Å². The topological polar surface area (TPSA) is 58.6 Å². The molecule has 5 heteroatoms. The standard InChI is InChI=1S/C19H28N2O3/c1-15(2)14-24-11-9-18(22)20-17-7-5-6-16(12-17)13-21-10-4-3-8-19(21)23/h5-7,12,15H,3-4,8-11,13-14H2,1-2H3,(H,20,22). The van der Waals surface area contributed by atoms with E-state index in [1.165, 1.54) is 0 Å². The van der Waals surface area contributed by atoms with Gasteiger partial charge < -0.3 is 15.0 Å².